The molecule has 109 valence electrons. The van der Waals surface area contributed by atoms with Crippen molar-refractivity contribution in [2.24, 2.45) is 5.92 Å². The number of likely N-dealkylation sites (N-methyl/N-ethyl adjacent to an activating group) is 1. The fraction of sp³-hybridized carbons (Fsp3) is 0.562. The molecule has 0 unspecified atom stereocenters. The van der Waals surface area contributed by atoms with Crippen molar-refractivity contribution in [1.29, 1.82) is 0 Å². The number of benzene rings is 1. The maximum Gasteiger partial charge on any atom is 0.251 e. The van der Waals surface area contributed by atoms with Crippen molar-refractivity contribution in [3.63, 3.8) is 0 Å². The monoisotopic (exact) mass is 275 g/mol. The zero-order valence-corrected chi connectivity index (χ0v) is 12.0. The first-order chi connectivity index (χ1) is 9.79. The van der Waals surface area contributed by atoms with Crippen LogP contribution in [0, 0.1) is 12.0 Å². The largest absolute Gasteiger partial charge is 0.381 e. The van der Waals surface area contributed by atoms with Crippen molar-refractivity contribution in [3.8, 4) is 0 Å². The predicted molar refractivity (Wildman–Crippen MR) is 78.6 cm³/mol. The Hall–Kier alpha value is -1.39. The van der Waals surface area contributed by atoms with E-state index in [1.54, 1.807) is 18.2 Å². The van der Waals surface area contributed by atoms with Gasteiger partial charge in [0.25, 0.3) is 5.91 Å². The molecule has 0 aromatic heterocycles. The van der Waals surface area contributed by atoms with E-state index in [1.807, 2.05) is 13.1 Å². The summed E-state index contributed by atoms with van der Waals surface area (Å²) in [5.74, 6) is 0.560. The van der Waals surface area contributed by atoms with Crippen LogP contribution in [0.1, 0.15) is 29.6 Å². The normalized spacial score (nSPS) is 20.4. The number of carbonyl (C=O) groups is 1. The van der Waals surface area contributed by atoms with Gasteiger partial charge in [-0.3, -0.25) is 4.79 Å². The summed E-state index contributed by atoms with van der Waals surface area (Å²) in [6.45, 7) is 2.38. The molecule has 1 aromatic carbocycles. The lowest BCUT2D eigenvalue weighted by Gasteiger charge is -2.26. The molecule has 1 heterocycles. The quantitative estimate of drug-likeness (QED) is 0.829. The molecular weight excluding hydrogens is 252 g/mol. The van der Waals surface area contributed by atoms with E-state index in [0.717, 1.165) is 26.1 Å². The molecule has 4 nitrogen and oxygen atoms in total. The minimum Gasteiger partial charge on any atom is -0.381 e. The number of carbonyl (C=O) groups excluding carboxylic acids is 1. The molecule has 1 radical (unpaired) electrons. The molecule has 4 heteroatoms. The third-order valence-electron chi connectivity index (χ3n) is 3.76. The molecule has 1 aliphatic heterocycles. The Morgan fingerprint density at radius 3 is 3.15 bits per heavy atom. The molecule has 20 heavy (non-hydrogen) atoms. The smallest absolute Gasteiger partial charge is 0.251 e. The molecular formula is C16H23N2O2. The minimum absolute atomic E-state index is 0.0398. The summed E-state index contributed by atoms with van der Waals surface area (Å²) in [5, 5.41) is 6.26. The first kappa shape index (κ1) is 15.0. The average molecular weight is 275 g/mol. The van der Waals surface area contributed by atoms with Crippen molar-refractivity contribution in [3.05, 3.63) is 35.9 Å². The summed E-state index contributed by atoms with van der Waals surface area (Å²) in [5.41, 5.74) is 0.656. The molecule has 1 fully saturated rings. The number of nitrogens with one attached hydrogen (secondary N) is 2. The van der Waals surface area contributed by atoms with Crippen molar-refractivity contribution in [2.45, 2.75) is 25.3 Å². The van der Waals surface area contributed by atoms with Crippen molar-refractivity contribution >= 4 is 5.91 Å². The second-order valence-electron chi connectivity index (χ2n) is 5.31. The van der Waals surface area contributed by atoms with Gasteiger partial charge in [0.05, 0.1) is 0 Å². The Kier molecular flexibility index (Phi) is 6.02. The SMILES string of the molecule is CN[C@@H](CNC(=O)c1c[c]ccc1)C[C@H]1CCCOC1. The van der Waals surface area contributed by atoms with Gasteiger partial charge < -0.3 is 15.4 Å². The Bertz CT molecular complexity index is 402. The molecule has 2 rings (SSSR count). The van der Waals surface area contributed by atoms with Gasteiger partial charge in [-0.05, 0) is 50.4 Å². The highest BCUT2D eigenvalue weighted by Crippen LogP contribution is 2.18. The Labute approximate surface area is 120 Å². The molecule has 0 spiro atoms. The molecule has 0 aliphatic carbocycles. The van der Waals surface area contributed by atoms with Gasteiger partial charge in [0.1, 0.15) is 0 Å². The topological polar surface area (TPSA) is 50.4 Å². The van der Waals surface area contributed by atoms with E-state index in [0.29, 0.717) is 24.1 Å². The standard InChI is InChI=1S/C16H23N2O2/c1-17-15(10-13-6-5-9-20-12-13)11-18-16(19)14-7-3-2-4-8-14/h2-3,7-8,13,15,17H,5-6,9-12H2,1H3,(H,18,19)/t13-,15-/m1/s1. The van der Waals surface area contributed by atoms with E-state index in [9.17, 15) is 4.79 Å². The zero-order valence-electron chi connectivity index (χ0n) is 12.0. The molecule has 2 atom stereocenters. The highest BCUT2D eigenvalue weighted by Gasteiger charge is 2.19. The van der Waals surface area contributed by atoms with E-state index in [4.69, 9.17) is 4.74 Å². The second kappa shape index (κ2) is 8.02. The van der Waals surface area contributed by atoms with Gasteiger partial charge in [-0.25, -0.2) is 0 Å². The van der Waals surface area contributed by atoms with Gasteiger partial charge in [0, 0.05) is 31.4 Å². The van der Waals surface area contributed by atoms with Crippen LogP contribution >= 0.6 is 0 Å². The Balaban J connectivity index is 1.77. The predicted octanol–water partition coefficient (Wildman–Crippen LogP) is 1.62. The van der Waals surface area contributed by atoms with Crippen LogP contribution in [0.15, 0.2) is 24.3 Å². The minimum atomic E-state index is -0.0398. The molecule has 1 saturated heterocycles. The maximum absolute atomic E-state index is 12.0. The van der Waals surface area contributed by atoms with Gasteiger partial charge in [-0.15, -0.1) is 0 Å². The molecule has 0 saturated carbocycles. The summed E-state index contributed by atoms with van der Waals surface area (Å²) in [7, 11) is 1.94. The molecule has 1 aromatic rings. The number of amides is 1. The second-order valence-corrected chi connectivity index (χ2v) is 5.31. The zero-order chi connectivity index (χ0) is 14.2. The van der Waals surface area contributed by atoms with Gasteiger partial charge in [-0.1, -0.05) is 12.1 Å². The maximum atomic E-state index is 12.0. The van der Waals surface area contributed by atoms with Gasteiger partial charge in [-0.2, -0.15) is 0 Å². The van der Waals surface area contributed by atoms with E-state index >= 15 is 0 Å². The summed E-state index contributed by atoms with van der Waals surface area (Å²) in [6, 6.07) is 10.3. The highest BCUT2D eigenvalue weighted by molar-refractivity contribution is 5.94. The number of rotatable bonds is 6. The molecule has 1 amide bonds. The lowest BCUT2D eigenvalue weighted by Crippen LogP contribution is -2.41. The van der Waals surface area contributed by atoms with Crippen LogP contribution < -0.4 is 10.6 Å². The van der Waals surface area contributed by atoms with Crippen LogP contribution in [0.25, 0.3) is 0 Å². The third kappa shape index (κ3) is 4.62. The first-order valence-electron chi connectivity index (χ1n) is 7.29. The lowest BCUT2D eigenvalue weighted by atomic mass is 9.94. The van der Waals surface area contributed by atoms with Crippen LogP contribution in [0.5, 0.6) is 0 Å². The van der Waals surface area contributed by atoms with Gasteiger partial charge >= 0.3 is 0 Å². The average Bonchev–Trinajstić information content (AvgIpc) is 2.53. The van der Waals surface area contributed by atoms with E-state index in [2.05, 4.69) is 16.7 Å². The van der Waals surface area contributed by atoms with E-state index in [-0.39, 0.29) is 5.91 Å². The molecule has 1 aliphatic rings. The third-order valence-corrected chi connectivity index (χ3v) is 3.76. The van der Waals surface area contributed by atoms with Crippen LogP contribution in [0.4, 0.5) is 0 Å². The highest BCUT2D eigenvalue weighted by atomic mass is 16.5. The number of hydrogen-bond donors (Lipinski definition) is 2. The summed E-state index contributed by atoms with van der Waals surface area (Å²) in [6.07, 6.45) is 3.41. The fourth-order valence-corrected chi connectivity index (χ4v) is 2.55. The van der Waals surface area contributed by atoms with Crippen molar-refractivity contribution < 1.29 is 9.53 Å². The van der Waals surface area contributed by atoms with Crippen LogP contribution in [0.2, 0.25) is 0 Å². The Morgan fingerprint density at radius 1 is 1.60 bits per heavy atom. The number of ether oxygens (including phenoxy) is 1. The Morgan fingerprint density at radius 2 is 2.50 bits per heavy atom. The van der Waals surface area contributed by atoms with Crippen LogP contribution in [-0.4, -0.2) is 38.8 Å². The first-order valence-corrected chi connectivity index (χ1v) is 7.29. The lowest BCUT2D eigenvalue weighted by molar-refractivity contribution is 0.0478. The van der Waals surface area contributed by atoms with E-state index in [1.165, 1.54) is 6.42 Å². The summed E-state index contributed by atoms with van der Waals surface area (Å²) >= 11 is 0. The van der Waals surface area contributed by atoms with Crippen LogP contribution in [0.3, 0.4) is 0 Å². The number of hydrogen-bond acceptors (Lipinski definition) is 3. The fourth-order valence-electron chi connectivity index (χ4n) is 2.55. The molecule has 2 N–H and O–H groups in total. The summed E-state index contributed by atoms with van der Waals surface area (Å²) < 4.78 is 5.50. The molecule has 0 bridgehead atoms. The van der Waals surface area contributed by atoms with E-state index < -0.39 is 0 Å². The van der Waals surface area contributed by atoms with Crippen molar-refractivity contribution in [1.82, 2.24) is 10.6 Å². The van der Waals surface area contributed by atoms with Gasteiger partial charge in [0.2, 0.25) is 0 Å². The van der Waals surface area contributed by atoms with Gasteiger partial charge in [0.15, 0.2) is 0 Å². The van der Waals surface area contributed by atoms with Crippen LogP contribution in [-0.2, 0) is 4.74 Å². The summed E-state index contributed by atoms with van der Waals surface area (Å²) in [4.78, 5) is 12.0. The van der Waals surface area contributed by atoms with Crippen molar-refractivity contribution in [2.75, 3.05) is 26.8 Å².